The van der Waals surface area contributed by atoms with Crippen molar-refractivity contribution in [3.63, 3.8) is 0 Å². The van der Waals surface area contributed by atoms with Crippen molar-refractivity contribution in [2.45, 2.75) is 45.5 Å². The van der Waals surface area contributed by atoms with E-state index in [0.717, 1.165) is 11.1 Å². The number of benzene rings is 1. The Bertz CT molecular complexity index is 579. The number of alkyl halides is 3. The topological polar surface area (TPSA) is 38.8 Å². The van der Waals surface area contributed by atoms with E-state index in [1.165, 1.54) is 6.07 Å². The Hall–Kier alpha value is -1.92. The molecule has 7 heteroatoms. The summed E-state index contributed by atoms with van der Waals surface area (Å²) in [5.41, 5.74) is 1.22. The first-order valence-corrected chi connectivity index (χ1v) is 7.33. The Morgan fingerprint density at radius 3 is 2.52 bits per heavy atom. The Morgan fingerprint density at radius 2 is 1.91 bits per heavy atom. The molecule has 23 heavy (non-hydrogen) atoms. The molecule has 0 saturated heterocycles. The highest BCUT2D eigenvalue weighted by atomic mass is 19.4. The lowest BCUT2D eigenvalue weighted by Gasteiger charge is -2.31. The van der Waals surface area contributed by atoms with Crippen LogP contribution in [-0.4, -0.2) is 35.9 Å². The number of rotatable bonds is 2. The Balaban J connectivity index is 2.01. The molecule has 2 rings (SSSR count). The molecule has 1 aliphatic rings. The summed E-state index contributed by atoms with van der Waals surface area (Å²) in [7, 11) is 0. The first kappa shape index (κ1) is 17.4. The van der Waals surface area contributed by atoms with Crippen molar-refractivity contribution in [1.82, 2.24) is 4.90 Å². The maximum Gasteiger partial charge on any atom is 0.422 e. The first-order valence-electron chi connectivity index (χ1n) is 7.33. The molecule has 1 aliphatic heterocycles. The number of amides is 1. The van der Waals surface area contributed by atoms with E-state index in [-0.39, 0.29) is 11.8 Å². The standard InChI is InChI=1S/C16H20F3NO3/c1-15(2,3)23-14(21)20-7-6-11-8-13(5-4-12(11)9-20)22-10-16(17,18)19/h4-5,8H,6-7,9-10H2,1-3H3. The number of hydrogen-bond acceptors (Lipinski definition) is 3. The third-order valence-corrected chi connectivity index (χ3v) is 3.24. The van der Waals surface area contributed by atoms with Gasteiger partial charge < -0.3 is 14.4 Å². The molecule has 1 heterocycles. The highest BCUT2D eigenvalue weighted by Crippen LogP contribution is 2.26. The van der Waals surface area contributed by atoms with Crippen molar-refractivity contribution in [1.29, 1.82) is 0 Å². The van der Waals surface area contributed by atoms with E-state index in [4.69, 9.17) is 9.47 Å². The zero-order valence-corrected chi connectivity index (χ0v) is 13.4. The molecular weight excluding hydrogens is 311 g/mol. The predicted molar refractivity (Wildman–Crippen MR) is 78.3 cm³/mol. The lowest BCUT2D eigenvalue weighted by atomic mass is 10.00. The fourth-order valence-corrected chi connectivity index (χ4v) is 2.27. The van der Waals surface area contributed by atoms with Crippen LogP contribution in [-0.2, 0) is 17.7 Å². The fourth-order valence-electron chi connectivity index (χ4n) is 2.27. The van der Waals surface area contributed by atoms with Gasteiger partial charge >= 0.3 is 12.3 Å². The average molecular weight is 331 g/mol. The fraction of sp³-hybridized carbons (Fsp3) is 0.562. The van der Waals surface area contributed by atoms with E-state index < -0.39 is 18.4 Å². The Kier molecular flexibility index (Phi) is 4.77. The van der Waals surface area contributed by atoms with E-state index in [2.05, 4.69) is 0 Å². The molecule has 1 aromatic rings. The molecule has 1 aromatic carbocycles. The van der Waals surface area contributed by atoms with Crippen molar-refractivity contribution in [3.8, 4) is 5.75 Å². The number of fused-ring (bicyclic) bond motifs is 1. The quantitative estimate of drug-likeness (QED) is 0.824. The first-order chi connectivity index (χ1) is 10.5. The maximum atomic E-state index is 12.2. The summed E-state index contributed by atoms with van der Waals surface area (Å²) in [6, 6.07) is 4.79. The van der Waals surface area contributed by atoms with Crippen molar-refractivity contribution in [3.05, 3.63) is 29.3 Å². The van der Waals surface area contributed by atoms with Crippen LogP contribution >= 0.6 is 0 Å². The van der Waals surface area contributed by atoms with Gasteiger partial charge in [-0.3, -0.25) is 0 Å². The molecule has 0 aliphatic carbocycles. The number of nitrogens with zero attached hydrogens (tertiary/aromatic N) is 1. The van der Waals surface area contributed by atoms with E-state index >= 15 is 0 Å². The van der Waals surface area contributed by atoms with Gasteiger partial charge in [0.15, 0.2) is 6.61 Å². The van der Waals surface area contributed by atoms with Gasteiger partial charge in [0, 0.05) is 13.1 Å². The summed E-state index contributed by atoms with van der Waals surface area (Å²) in [6.45, 7) is 4.93. The minimum atomic E-state index is -4.36. The van der Waals surface area contributed by atoms with Crippen LogP contribution in [0.5, 0.6) is 5.75 Å². The SMILES string of the molecule is CC(C)(C)OC(=O)N1CCc2cc(OCC(F)(F)F)ccc2C1. The van der Waals surface area contributed by atoms with E-state index in [1.54, 1.807) is 37.8 Å². The summed E-state index contributed by atoms with van der Waals surface area (Å²) in [6.07, 6.45) is -4.19. The minimum absolute atomic E-state index is 0.187. The van der Waals surface area contributed by atoms with Gasteiger partial charge in [-0.1, -0.05) is 6.07 Å². The molecule has 0 aromatic heterocycles. The van der Waals surface area contributed by atoms with Crippen molar-refractivity contribution < 1.29 is 27.4 Å². The van der Waals surface area contributed by atoms with Gasteiger partial charge in [0.05, 0.1) is 0 Å². The molecule has 1 amide bonds. The summed E-state index contributed by atoms with van der Waals surface area (Å²) in [5, 5.41) is 0. The van der Waals surface area contributed by atoms with Crippen LogP contribution < -0.4 is 4.74 Å². The second-order valence-electron chi connectivity index (χ2n) is 6.49. The van der Waals surface area contributed by atoms with Crippen LogP contribution in [0.2, 0.25) is 0 Å². The molecule has 0 unspecified atom stereocenters. The highest BCUT2D eigenvalue weighted by molar-refractivity contribution is 5.68. The van der Waals surface area contributed by atoms with Gasteiger partial charge in [0.25, 0.3) is 0 Å². The summed E-state index contributed by atoms with van der Waals surface area (Å²) in [5.74, 6) is 0.187. The molecular formula is C16H20F3NO3. The van der Waals surface area contributed by atoms with Gasteiger partial charge in [-0.25, -0.2) is 4.79 Å². The molecule has 0 radical (unpaired) electrons. The second kappa shape index (κ2) is 6.29. The lowest BCUT2D eigenvalue weighted by Crippen LogP contribution is -2.39. The second-order valence-corrected chi connectivity index (χ2v) is 6.49. The van der Waals surface area contributed by atoms with Crippen LogP contribution in [0, 0.1) is 0 Å². The molecule has 4 nitrogen and oxygen atoms in total. The van der Waals surface area contributed by atoms with E-state index in [9.17, 15) is 18.0 Å². The zero-order chi connectivity index (χ0) is 17.3. The zero-order valence-electron chi connectivity index (χ0n) is 13.4. The molecule has 0 bridgehead atoms. The van der Waals surface area contributed by atoms with Crippen LogP contribution in [0.4, 0.5) is 18.0 Å². The largest absolute Gasteiger partial charge is 0.484 e. The maximum absolute atomic E-state index is 12.2. The molecule has 0 saturated carbocycles. The van der Waals surface area contributed by atoms with Crippen LogP contribution in [0.25, 0.3) is 0 Å². The third-order valence-electron chi connectivity index (χ3n) is 3.24. The minimum Gasteiger partial charge on any atom is -0.484 e. The number of carbonyl (C=O) groups excluding carboxylic acids is 1. The molecule has 0 spiro atoms. The van der Waals surface area contributed by atoms with Gasteiger partial charge in [0.1, 0.15) is 11.4 Å². The summed E-state index contributed by atoms with van der Waals surface area (Å²) in [4.78, 5) is 13.6. The van der Waals surface area contributed by atoms with Crippen LogP contribution in [0.3, 0.4) is 0 Å². The summed E-state index contributed by atoms with van der Waals surface area (Å²) >= 11 is 0. The molecule has 0 atom stereocenters. The monoisotopic (exact) mass is 331 g/mol. The number of carbonyl (C=O) groups is 1. The van der Waals surface area contributed by atoms with Gasteiger partial charge in [0.2, 0.25) is 0 Å². The van der Waals surface area contributed by atoms with E-state index in [0.29, 0.717) is 19.5 Å². The smallest absolute Gasteiger partial charge is 0.422 e. The number of halogens is 3. The molecule has 128 valence electrons. The van der Waals surface area contributed by atoms with Gasteiger partial charge in [-0.05, 0) is 50.5 Å². The number of hydrogen-bond donors (Lipinski definition) is 0. The Labute approximate surface area is 133 Å². The summed E-state index contributed by atoms with van der Waals surface area (Å²) < 4.78 is 46.6. The molecule has 0 N–H and O–H groups in total. The van der Waals surface area contributed by atoms with Crippen molar-refractivity contribution in [2.75, 3.05) is 13.2 Å². The normalized spacial score (nSPS) is 15.1. The molecule has 0 fully saturated rings. The number of ether oxygens (including phenoxy) is 2. The Morgan fingerprint density at radius 1 is 1.22 bits per heavy atom. The van der Waals surface area contributed by atoms with Gasteiger partial charge in [-0.15, -0.1) is 0 Å². The van der Waals surface area contributed by atoms with Gasteiger partial charge in [-0.2, -0.15) is 13.2 Å². The van der Waals surface area contributed by atoms with Crippen molar-refractivity contribution >= 4 is 6.09 Å². The van der Waals surface area contributed by atoms with E-state index in [1.807, 2.05) is 0 Å². The van der Waals surface area contributed by atoms with Crippen LogP contribution in [0.15, 0.2) is 18.2 Å². The third kappa shape index (κ3) is 5.33. The average Bonchev–Trinajstić information content (AvgIpc) is 2.41. The highest BCUT2D eigenvalue weighted by Gasteiger charge is 2.29. The lowest BCUT2D eigenvalue weighted by molar-refractivity contribution is -0.153. The van der Waals surface area contributed by atoms with Crippen molar-refractivity contribution in [2.24, 2.45) is 0 Å². The predicted octanol–water partition coefficient (Wildman–Crippen LogP) is 3.92. The van der Waals surface area contributed by atoms with Crippen LogP contribution in [0.1, 0.15) is 31.9 Å².